The normalized spacial score (nSPS) is 13.4. The van der Waals surface area contributed by atoms with Crippen molar-refractivity contribution >= 4 is 49.8 Å². The molecule has 1 aromatic heterocycles. The number of hydrogen-bond acceptors (Lipinski definition) is 2. The van der Waals surface area contributed by atoms with Crippen molar-refractivity contribution in [3.8, 4) is 33.4 Å². The van der Waals surface area contributed by atoms with E-state index < -0.39 is 18.1 Å². The molecule has 0 aliphatic heterocycles. The molecule has 226 valence electrons. The Hall–Kier alpha value is -6.38. The first-order chi connectivity index (χ1) is 26.7. The Morgan fingerprint density at radius 1 is 0.396 bits per heavy atom. The van der Waals surface area contributed by atoms with Crippen LogP contribution in [0.25, 0.3) is 66.1 Å². The van der Waals surface area contributed by atoms with Crippen LogP contribution in [0.1, 0.15) is 9.60 Å². The lowest BCUT2D eigenvalue weighted by Crippen LogP contribution is -2.09. The van der Waals surface area contributed by atoms with Gasteiger partial charge in [0, 0.05) is 27.8 Å². The van der Waals surface area contributed by atoms with Crippen molar-refractivity contribution < 1.29 is 14.0 Å². The fraction of sp³-hybridized carbons (Fsp3) is 0. The second-order valence-electron chi connectivity index (χ2n) is 11.7. The van der Waals surface area contributed by atoms with Crippen LogP contribution < -0.4 is 4.90 Å². The van der Waals surface area contributed by atoms with Crippen molar-refractivity contribution in [1.29, 1.82) is 0 Å². The van der Waals surface area contributed by atoms with E-state index in [1.165, 1.54) is 0 Å². The van der Waals surface area contributed by atoms with Crippen molar-refractivity contribution in [1.82, 2.24) is 0 Å². The van der Waals surface area contributed by atoms with Crippen LogP contribution in [0.15, 0.2) is 192 Å². The molecule has 8 aromatic carbocycles. The SMILES string of the molecule is [2H]c1c([2H])c([2H])c2c(-c3ccc(N(c4ccc(-c5ccccc5)cc4)c4ccc(-c5ccc6oc7ccccc7c6c5)cc4)cc3)c([2H])c([2H])c([2H])c2c1[2H]. The smallest absolute Gasteiger partial charge is 0.135 e. The lowest BCUT2D eigenvalue weighted by molar-refractivity contribution is 0.669. The minimum Gasteiger partial charge on any atom is -0.456 e. The Kier molecular flexibility index (Phi) is 5.25. The van der Waals surface area contributed by atoms with Gasteiger partial charge in [0.2, 0.25) is 0 Å². The fourth-order valence-corrected chi connectivity index (χ4v) is 6.40. The van der Waals surface area contributed by atoms with Crippen molar-refractivity contribution in [2.24, 2.45) is 0 Å². The lowest BCUT2D eigenvalue weighted by atomic mass is 9.98. The molecule has 0 amide bonds. The third-order valence-corrected chi connectivity index (χ3v) is 8.79. The van der Waals surface area contributed by atoms with Gasteiger partial charge in [-0.15, -0.1) is 0 Å². The van der Waals surface area contributed by atoms with E-state index >= 15 is 0 Å². The summed E-state index contributed by atoms with van der Waals surface area (Å²) in [4.78, 5) is 2.13. The van der Waals surface area contributed by atoms with Gasteiger partial charge in [0.25, 0.3) is 0 Å². The van der Waals surface area contributed by atoms with Crippen LogP contribution in [0.4, 0.5) is 17.1 Å². The zero-order valence-electron chi connectivity index (χ0n) is 32.7. The Morgan fingerprint density at radius 3 is 1.67 bits per heavy atom. The van der Waals surface area contributed by atoms with Gasteiger partial charge in [-0.2, -0.15) is 0 Å². The second-order valence-corrected chi connectivity index (χ2v) is 11.7. The van der Waals surface area contributed by atoms with Crippen LogP contribution in [0.5, 0.6) is 0 Å². The number of fused-ring (bicyclic) bond motifs is 4. The van der Waals surface area contributed by atoms with Crippen LogP contribution in [0.2, 0.25) is 0 Å². The number of furan rings is 1. The maximum Gasteiger partial charge on any atom is 0.135 e. The molecule has 0 spiro atoms. The second kappa shape index (κ2) is 11.8. The van der Waals surface area contributed by atoms with Crippen LogP contribution in [-0.4, -0.2) is 0 Å². The first kappa shape index (κ1) is 21.4. The molecule has 0 fully saturated rings. The molecule has 0 atom stereocenters. The van der Waals surface area contributed by atoms with Crippen LogP contribution >= 0.6 is 0 Å². The maximum absolute atomic E-state index is 8.84. The Bertz CT molecular complexity index is 2920. The molecule has 9 aromatic rings. The van der Waals surface area contributed by atoms with E-state index in [4.69, 9.17) is 14.0 Å². The summed E-state index contributed by atoms with van der Waals surface area (Å²) in [5.74, 6) is 0. The topological polar surface area (TPSA) is 16.4 Å². The van der Waals surface area contributed by atoms with Gasteiger partial charge in [0.1, 0.15) is 11.2 Å². The predicted octanol–water partition coefficient (Wildman–Crippen LogP) is 13.2. The summed E-state index contributed by atoms with van der Waals surface area (Å²) in [6, 6.07) is 45.9. The molecule has 48 heavy (non-hydrogen) atoms. The number of para-hydroxylation sites is 1. The molecule has 0 aliphatic rings. The molecule has 0 bridgehead atoms. The zero-order valence-corrected chi connectivity index (χ0v) is 25.7. The first-order valence-electron chi connectivity index (χ1n) is 19.3. The number of anilines is 3. The van der Waals surface area contributed by atoms with Crippen LogP contribution in [0.3, 0.4) is 0 Å². The molecule has 0 saturated carbocycles. The Morgan fingerprint density at radius 2 is 0.938 bits per heavy atom. The van der Waals surface area contributed by atoms with Gasteiger partial charge in [0.15, 0.2) is 0 Å². The first-order valence-corrected chi connectivity index (χ1v) is 15.8. The van der Waals surface area contributed by atoms with E-state index in [0.717, 1.165) is 61.3 Å². The number of nitrogens with zero attached hydrogens (tertiary/aromatic N) is 1. The van der Waals surface area contributed by atoms with E-state index in [0.29, 0.717) is 5.56 Å². The summed E-state index contributed by atoms with van der Waals surface area (Å²) in [5.41, 5.74) is 9.36. The number of rotatable bonds is 6. The molecule has 2 nitrogen and oxygen atoms in total. The number of hydrogen-bond donors (Lipinski definition) is 0. The molecule has 0 N–H and O–H groups in total. The minimum absolute atomic E-state index is 0.0635. The summed E-state index contributed by atoms with van der Waals surface area (Å²) in [6.07, 6.45) is 0. The van der Waals surface area contributed by atoms with Gasteiger partial charge in [0.05, 0.1) is 9.60 Å². The zero-order chi connectivity index (χ0) is 38.0. The van der Waals surface area contributed by atoms with Gasteiger partial charge in [-0.3, -0.25) is 0 Å². The molecule has 0 aliphatic carbocycles. The highest BCUT2D eigenvalue weighted by atomic mass is 16.3. The molecule has 2 heteroatoms. The largest absolute Gasteiger partial charge is 0.456 e. The van der Waals surface area contributed by atoms with Crippen molar-refractivity contribution in [2.45, 2.75) is 0 Å². The maximum atomic E-state index is 8.84. The summed E-state index contributed by atoms with van der Waals surface area (Å²) in [7, 11) is 0. The summed E-state index contributed by atoms with van der Waals surface area (Å²) >= 11 is 0. The standard InChI is InChI=1S/C46H31NO/c1-2-9-32(10-3-1)33-17-24-38(25-18-33)47(40-28-21-36(22-29-40)42-15-8-12-35-11-4-5-13-41(35)42)39-26-19-34(20-27-39)37-23-30-46-44(31-37)43-14-6-7-16-45(43)48-46/h1-31H/i4D,5D,8D,11D,12D,13D,15D. The number of benzene rings is 8. The quantitative estimate of drug-likeness (QED) is 0.184. The Balaban J connectivity index is 1.15. The van der Waals surface area contributed by atoms with Gasteiger partial charge in [-0.1, -0.05) is 133 Å². The third kappa shape index (κ3) is 5.01. The summed E-state index contributed by atoms with van der Waals surface area (Å²) < 4.78 is 65.7. The molecule has 1 heterocycles. The summed E-state index contributed by atoms with van der Waals surface area (Å²) in [5, 5.41) is 2.14. The van der Waals surface area contributed by atoms with Gasteiger partial charge >= 0.3 is 0 Å². The Labute approximate surface area is 289 Å². The van der Waals surface area contributed by atoms with E-state index in [1.54, 1.807) is 12.1 Å². The van der Waals surface area contributed by atoms with E-state index in [9.17, 15) is 0 Å². The van der Waals surface area contributed by atoms with Crippen LogP contribution in [0, 0.1) is 0 Å². The molecular formula is C46H31NO. The molecule has 0 saturated heterocycles. The highest BCUT2D eigenvalue weighted by molar-refractivity contribution is 6.06. The molecule has 9 rings (SSSR count). The minimum atomic E-state index is -0.472. The van der Waals surface area contributed by atoms with Crippen molar-refractivity contribution in [3.05, 3.63) is 188 Å². The monoisotopic (exact) mass is 620 g/mol. The van der Waals surface area contributed by atoms with Crippen molar-refractivity contribution in [3.63, 3.8) is 0 Å². The predicted molar refractivity (Wildman–Crippen MR) is 202 cm³/mol. The van der Waals surface area contributed by atoms with E-state index in [-0.39, 0.29) is 40.5 Å². The fourth-order valence-electron chi connectivity index (χ4n) is 6.40. The molecule has 0 unspecified atom stereocenters. The van der Waals surface area contributed by atoms with E-state index in [2.05, 4.69) is 83.8 Å². The average Bonchev–Trinajstić information content (AvgIpc) is 3.60. The van der Waals surface area contributed by atoms with E-state index in [1.807, 2.05) is 54.6 Å². The van der Waals surface area contributed by atoms with Crippen LogP contribution in [-0.2, 0) is 0 Å². The van der Waals surface area contributed by atoms with Gasteiger partial charge in [-0.05, 0) is 98.8 Å². The van der Waals surface area contributed by atoms with Gasteiger partial charge in [-0.25, -0.2) is 0 Å². The van der Waals surface area contributed by atoms with Crippen molar-refractivity contribution in [2.75, 3.05) is 4.90 Å². The highest BCUT2D eigenvalue weighted by Gasteiger charge is 2.15. The highest BCUT2D eigenvalue weighted by Crippen LogP contribution is 2.39. The lowest BCUT2D eigenvalue weighted by Gasteiger charge is -2.26. The molecular weight excluding hydrogens is 583 g/mol. The third-order valence-electron chi connectivity index (χ3n) is 8.79. The summed E-state index contributed by atoms with van der Waals surface area (Å²) in [6.45, 7) is 0. The van der Waals surface area contributed by atoms with Gasteiger partial charge < -0.3 is 9.32 Å². The molecule has 0 radical (unpaired) electrons. The average molecular weight is 621 g/mol.